The van der Waals surface area contributed by atoms with Crippen LogP contribution < -0.4 is 5.32 Å². The highest BCUT2D eigenvalue weighted by Crippen LogP contribution is 2.18. The molecule has 0 fully saturated rings. The number of hydrogen-bond acceptors (Lipinski definition) is 3. The number of benzene rings is 1. The first kappa shape index (κ1) is 13.4. The fourth-order valence-corrected chi connectivity index (χ4v) is 1.74. The molecule has 5 heteroatoms. The van der Waals surface area contributed by atoms with Gasteiger partial charge in [0.25, 0.3) is 0 Å². The zero-order valence-corrected chi connectivity index (χ0v) is 11.0. The van der Waals surface area contributed by atoms with Crippen molar-refractivity contribution in [3.63, 3.8) is 0 Å². The molecule has 0 saturated heterocycles. The molecule has 0 heterocycles. The molecule has 88 valence electrons. The fraction of sp³-hybridized carbons (Fsp3) is 0.364. The van der Waals surface area contributed by atoms with E-state index in [9.17, 15) is 9.90 Å². The second-order valence-electron chi connectivity index (χ2n) is 3.49. The molecule has 1 aromatic carbocycles. The van der Waals surface area contributed by atoms with E-state index in [2.05, 4.69) is 27.9 Å². The predicted molar refractivity (Wildman–Crippen MR) is 68.8 cm³/mol. The van der Waals surface area contributed by atoms with E-state index in [0.717, 1.165) is 3.57 Å². The highest BCUT2D eigenvalue weighted by atomic mass is 127. The third-order valence-corrected chi connectivity index (χ3v) is 2.90. The largest absolute Gasteiger partial charge is 0.394 e. The maximum absolute atomic E-state index is 10.9. The standard InChI is InChI=1S/C11H14INO3/c1-7(15)13-10(6-14)11(16)8-2-4-9(12)5-3-8/h2-5,10-11,14,16H,6H2,1H3,(H,13,15). The first-order valence-corrected chi connectivity index (χ1v) is 5.94. The number of amides is 1. The van der Waals surface area contributed by atoms with Crippen LogP contribution in [0.5, 0.6) is 0 Å². The van der Waals surface area contributed by atoms with E-state index < -0.39 is 12.1 Å². The van der Waals surface area contributed by atoms with Crippen molar-refractivity contribution >= 4 is 28.5 Å². The molecule has 1 rings (SSSR count). The lowest BCUT2D eigenvalue weighted by Crippen LogP contribution is -2.40. The zero-order chi connectivity index (χ0) is 12.1. The van der Waals surface area contributed by atoms with Crippen molar-refractivity contribution in [2.24, 2.45) is 0 Å². The molecular weight excluding hydrogens is 321 g/mol. The van der Waals surface area contributed by atoms with Gasteiger partial charge in [-0.3, -0.25) is 4.79 Å². The molecule has 0 bridgehead atoms. The molecular formula is C11H14INO3. The van der Waals surface area contributed by atoms with Crippen molar-refractivity contribution in [3.8, 4) is 0 Å². The molecule has 0 aliphatic carbocycles. The van der Waals surface area contributed by atoms with E-state index in [1.54, 1.807) is 12.1 Å². The maximum Gasteiger partial charge on any atom is 0.217 e. The summed E-state index contributed by atoms with van der Waals surface area (Å²) in [4.78, 5) is 10.9. The minimum Gasteiger partial charge on any atom is -0.394 e. The number of aliphatic hydroxyl groups is 2. The lowest BCUT2D eigenvalue weighted by molar-refractivity contribution is -0.121. The summed E-state index contributed by atoms with van der Waals surface area (Å²) in [5.74, 6) is -0.274. The van der Waals surface area contributed by atoms with Crippen LogP contribution in [0.2, 0.25) is 0 Å². The van der Waals surface area contributed by atoms with E-state index >= 15 is 0 Å². The second kappa shape index (κ2) is 6.17. The normalized spacial score (nSPS) is 14.2. The van der Waals surface area contributed by atoms with Gasteiger partial charge in [0, 0.05) is 10.5 Å². The first-order chi connectivity index (χ1) is 7.54. The minimum absolute atomic E-state index is 0.274. The Kier molecular flexibility index (Phi) is 5.17. The number of halogens is 1. The van der Waals surface area contributed by atoms with E-state index in [-0.39, 0.29) is 12.5 Å². The summed E-state index contributed by atoms with van der Waals surface area (Å²) in [6.45, 7) is 1.05. The lowest BCUT2D eigenvalue weighted by atomic mass is 10.0. The smallest absolute Gasteiger partial charge is 0.217 e. The van der Waals surface area contributed by atoms with E-state index in [1.807, 2.05) is 12.1 Å². The number of rotatable bonds is 4. The van der Waals surface area contributed by atoms with Crippen LogP contribution in [0.1, 0.15) is 18.6 Å². The molecule has 0 radical (unpaired) electrons. The predicted octanol–water partition coefficient (Wildman–Crippen LogP) is 0.822. The van der Waals surface area contributed by atoms with E-state index in [0.29, 0.717) is 5.56 Å². The summed E-state index contributed by atoms with van der Waals surface area (Å²) in [5, 5.41) is 21.5. The van der Waals surface area contributed by atoms with Crippen LogP contribution in [0.25, 0.3) is 0 Å². The fourth-order valence-electron chi connectivity index (χ4n) is 1.38. The number of hydrogen-bond donors (Lipinski definition) is 3. The van der Waals surface area contributed by atoms with Gasteiger partial charge < -0.3 is 15.5 Å². The van der Waals surface area contributed by atoms with Gasteiger partial charge in [-0.25, -0.2) is 0 Å². The number of carbonyl (C=O) groups excluding carboxylic acids is 1. The third-order valence-electron chi connectivity index (χ3n) is 2.18. The molecule has 2 atom stereocenters. The van der Waals surface area contributed by atoms with E-state index in [4.69, 9.17) is 5.11 Å². The van der Waals surface area contributed by atoms with Crippen molar-refractivity contribution in [2.75, 3.05) is 6.61 Å². The van der Waals surface area contributed by atoms with Crippen LogP contribution in [0.3, 0.4) is 0 Å². The third kappa shape index (κ3) is 3.73. The second-order valence-corrected chi connectivity index (χ2v) is 4.73. The topological polar surface area (TPSA) is 69.6 Å². The minimum atomic E-state index is -0.897. The van der Waals surface area contributed by atoms with Crippen molar-refractivity contribution < 1.29 is 15.0 Å². The van der Waals surface area contributed by atoms with Crippen molar-refractivity contribution in [2.45, 2.75) is 19.1 Å². The Morgan fingerprint density at radius 1 is 1.44 bits per heavy atom. The molecule has 0 aliphatic rings. The number of carbonyl (C=O) groups is 1. The SMILES string of the molecule is CC(=O)NC(CO)C(O)c1ccc(I)cc1. The summed E-state index contributed by atoms with van der Waals surface area (Å²) in [7, 11) is 0. The Bertz CT molecular complexity index is 353. The van der Waals surface area contributed by atoms with Gasteiger partial charge in [0.1, 0.15) is 6.10 Å². The van der Waals surface area contributed by atoms with Gasteiger partial charge in [0.2, 0.25) is 5.91 Å². The quantitative estimate of drug-likeness (QED) is 0.714. The van der Waals surface area contributed by atoms with Crippen molar-refractivity contribution in [1.29, 1.82) is 0 Å². The molecule has 1 amide bonds. The highest BCUT2D eigenvalue weighted by Gasteiger charge is 2.20. The van der Waals surface area contributed by atoms with Crippen molar-refractivity contribution in [3.05, 3.63) is 33.4 Å². The molecule has 0 aliphatic heterocycles. The number of aliphatic hydroxyl groups excluding tert-OH is 2. The van der Waals surface area contributed by atoms with Gasteiger partial charge in [-0.1, -0.05) is 12.1 Å². The molecule has 4 nitrogen and oxygen atoms in total. The molecule has 0 spiro atoms. The monoisotopic (exact) mass is 335 g/mol. The van der Waals surface area contributed by atoms with Gasteiger partial charge in [-0.15, -0.1) is 0 Å². The van der Waals surface area contributed by atoms with Gasteiger partial charge in [-0.05, 0) is 40.3 Å². The number of nitrogens with one attached hydrogen (secondary N) is 1. The van der Waals surface area contributed by atoms with Gasteiger partial charge in [-0.2, -0.15) is 0 Å². The maximum atomic E-state index is 10.9. The zero-order valence-electron chi connectivity index (χ0n) is 8.85. The highest BCUT2D eigenvalue weighted by molar-refractivity contribution is 14.1. The summed E-state index contributed by atoms with van der Waals surface area (Å²) >= 11 is 2.17. The van der Waals surface area contributed by atoms with Crippen LogP contribution in [0.4, 0.5) is 0 Å². The summed E-state index contributed by atoms with van der Waals surface area (Å²) in [6, 6.07) is 6.61. The summed E-state index contributed by atoms with van der Waals surface area (Å²) in [6.07, 6.45) is -0.897. The van der Waals surface area contributed by atoms with E-state index in [1.165, 1.54) is 6.92 Å². The molecule has 3 N–H and O–H groups in total. The van der Waals surface area contributed by atoms with Crippen LogP contribution in [0.15, 0.2) is 24.3 Å². The average Bonchev–Trinajstić information content (AvgIpc) is 2.25. The Morgan fingerprint density at radius 3 is 2.44 bits per heavy atom. The van der Waals surface area contributed by atoms with Gasteiger partial charge >= 0.3 is 0 Å². The van der Waals surface area contributed by atoms with Crippen molar-refractivity contribution in [1.82, 2.24) is 5.32 Å². The molecule has 0 saturated carbocycles. The van der Waals surface area contributed by atoms with Gasteiger partial charge in [0.15, 0.2) is 0 Å². The molecule has 1 aromatic rings. The lowest BCUT2D eigenvalue weighted by Gasteiger charge is -2.21. The molecule has 2 unspecified atom stereocenters. The van der Waals surface area contributed by atoms with Crippen LogP contribution in [-0.2, 0) is 4.79 Å². The first-order valence-electron chi connectivity index (χ1n) is 4.86. The molecule has 0 aromatic heterocycles. The van der Waals surface area contributed by atoms with Gasteiger partial charge in [0.05, 0.1) is 12.6 Å². The molecule has 16 heavy (non-hydrogen) atoms. The van der Waals surface area contributed by atoms with Crippen LogP contribution in [0, 0.1) is 3.57 Å². The Hall–Kier alpha value is -0.660. The summed E-state index contributed by atoms with van der Waals surface area (Å²) < 4.78 is 1.06. The average molecular weight is 335 g/mol. The van der Waals surface area contributed by atoms with Crippen LogP contribution in [-0.4, -0.2) is 28.8 Å². The van der Waals surface area contributed by atoms with Crippen LogP contribution >= 0.6 is 22.6 Å². The summed E-state index contributed by atoms with van der Waals surface area (Å²) in [5.41, 5.74) is 0.674. The Morgan fingerprint density at radius 2 is 2.00 bits per heavy atom. The Balaban J connectivity index is 2.78. The Labute approximate surface area is 108 Å².